The number of hydrogen-bond donors (Lipinski definition) is 1. The van der Waals surface area contributed by atoms with E-state index in [4.69, 9.17) is 9.47 Å². The number of hydrogen-bond acceptors (Lipinski definition) is 6. The Morgan fingerprint density at radius 3 is 2.07 bits per heavy atom. The predicted molar refractivity (Wildman–Crippen MR) is 106 cm³/mol. The lowest BCUT2D eigenvalue weighted by atomic mass is 10.1. The molecule has 3 aromatic rings. The second kappa shape index (κ2) is 9.14. The quantitative estimate of drug-likeness (QED) is 0.644. The molecule has 6 nitrogen and oxygen atoms in total. The van der Waals surface area contributed by atoms with Crippen LogP contribution < -0.4 is 14.8 Å². The summed E-state index contributed by atoms with van der Waals surface area (Å²) in [6.07, 6.45) is 1.92. The van der Waals surface area contributed by atoms with E-state index in [-0.39, 0.29) is 12.3 Å². The molecule has 0 unspecified atom stereocenters. The maximum Gasteiger partial charge on any atom is 0.230 e. The van der Waals surface area contributed by atoms with Crippen LogP contribution in [0.4, 0.5) is 5.13 Å². The number of methoxy groups -OCH3 is 2. The molecule has 1 heterocycles. The summed E-state index contributed by atoms with van der Waals surface area (Å²) in [7, 11) is 3.27. The summed E-state index contributed by atoms with van der Waals surface area (Å²) in [5.41, 5.74) is 2.12. The van der Waals surface area contributed by atoms with E-state index in [1.54, 1.807) is 14.2 Å². The van der Waals surface area contributed by atoms with E-state index < -0.39 is 0 Å². The highest BCUT2D eigenvalue weighted by Crippen LogP contribution is 2.19. The van der Waals surface area contributed by atoms with E-state index in [1.165, 1.54) is 16.9 Å². The number of carbonyl (C=O) groups excluding carboxylic acids is 1. The third-order valence-electron chi connectivity index (χ3n) is 4.02. The minimum Gasteiger partial charge on any atom is -0.497 e. The summed E-state index contributed by atoms with van der Waals surface area (Å²) in [6.45, 7) is 0. The van der Waals surface area contributed by atoms with Crippen LogP contribution in [-0.4, -0.2) is 30.3 Å². The summed E-state index contributed by atoms with van der Waals surface area (Å²) in [5, 5.41) is 12.5. The fourth-order valence-electron chi connectivity index (χ4n) is 2.54. The molecule has 140 valence electrons. The van der Waals surface area contributed by atoms with Crippen molar-refractivity contribution >= 4 is 22.4 Å². The Hall–Kier alpha value is -2.93. The van der Waals surface area contributed by atoms with Crippen molar-refractivity contribution in [2.75, 3.05) is 19.5 Å². The fourth-order valence-corrected chi connectivity index (χ4v) is 3.30. The molecule has 0 saturated heterocycles. The second-order valence-corrected chi connectivity index (χ2v) is 6.98. The van der Waals surface area contributed by atoms with Crippen molar-refractivity contribution in [3.63, 3.8) is 0 Å². The second-order valence-electron chi connectivity index (χ2n) is 5.92. The minimum atomic E-state index is -0.113. The third kappa shape index (κ3) is 5.52. The molecule has 3 rings (SSSR count). The third-order valence-corrected chi connectivity index (χ3v) is 4.92. The van der Waals surface area contributed by atoms with Crippen LogP contribution in [0.5, 0.6) is 11.5 Å². The number of nitrogens with one attached hydrogen (secondary N) is 1. The molecule has 0 atom stereocenters. The summed E-state index contributed by atoms with van der Waals surface area (Å²) >= 11 is 1.41. The van der Waals surface area contributed by atoms with Gasteiger partial charge in [0.2, 0.25) is 11.0 Å². The summed E-state index contributed by atoms with van der Waals surface area (Å²) in [5.74, 6) is 1.50. The standard InChI is InChI=1S/C20H21N3O3S/c1-25-16-8-3-14(4-9-16)7-12-19-22-23-20(27-19)21-18(24)13-15-5-10-17(26-2)11-6-15/h3-6,8-11H,7,12-13H2,1-2H3,(H,21,23,24). The van der Waals surface area contributed by atoms with Gasteiger partial charge in [0.15, 0.2) is 0 Å². The van der Waals surface area contributed by atoms with E-state index in [2.05, 4.69) is 15.5 Å². The zero-order valence-electron chi connectivity index (χ0n) is 15.3. The van der Waals surface area contributed by atoms with Crippen molar-refractivity contribution in [3.05, 3.63) is 64.7 Å². The Morgan fingerprint density at radius 2 is 1.48 bits per heavy atom. The zero-order valence-corrected chi connectivity index (χ0v) is 16.1. The number of aryl methyl sites for hydroxylation is 2. The van der Waals surface area contributed by atoms with Crippen LogP contribution in [0.1, 0.15) is 16.1 Å². The molecule has 0 saturated carbocycles. The summed E-state index contributed by atoms with van der Waals surface area (Å²) < 4.78 is 10.3. The average molecular weight is 383 g/mol. The number of rotatable bonds is 8. The number of anilines is 1. The van der Waals surface area contributed by atoms with Gasteiger partial charge in [0.25, 0.3) is 0 Å². The minimum absolute atomic E-state index is 0.113. The fraction of sp³-hybridized carbons (Fsp3) is 0.250. The Kier molecular flexibility index (Phi) is 6.38. The molecule has 0 bridgehead atoms. The van der Waals surface area contributed by atoms with Gasteiger partial charge < -0.3 is 14.8 Å². The SMILES string of the molecule is COc1ccc(CCc2nnc(NC(=O)Cc3ccc(OC)cc3)s2)cc1. The van der Waals surface area contributed by atoms with E-state index in [9.17, 15) is 4.79 Å². The molecule has 27 heavy (non-hydrogen) atoms. The number of benzene rings is 2. The van der Waals surface area contributed by atoms with Gasteiger partial charge in [0.05, 0.1) is 20.6 Å². The topological polar surface area (TPSA) is 73.3 Å². The van der Waals surface area contributed by atoms with Crippen LogP contribution in [0.25, 0.3) is 0 Å². The first-order valence-electron chi connectivity index (χ1n) is 8.54. The van der Waals surface area contributed by atoms with Gasteiger partial charge in [0.1, 0.15) is 16.5 Å². The lowest BCUT2D eigenvalue weighted by Gasteiger charge is -2.03. The van der Waals surface area contributed by atoms with Crippen molar-refractivity contribution in [2.24, 2.45) is 0 Å². The first-order chi connectivity index (χ1) is 13.2. The maximum atomic E-state index is 12.2. The van der Waals surface area contributed by atoms with Gasteiger partial charge in [-0.1, -0.05) is 35.6 Å². The van der Waals surface area contributed by atoms with Gasteiger partial charge >= 0.3 is 0 Å². The maximum absolute atomic E-state index is 12.2. The normalized spacial score (nSPS) is 10.4. The Balaban J connectivity index is 1.49. The van der Waals surface area contributed by atoms with Crippen molar-refractivity contribution in [2.45, 2.75) is 19.3 Å². The highest BCUT2D eigenvalue weighted by molar-refractivity contribution is 7.15. The van der Waals surface area contributed by atoms with Crippen LogP contribution in [0.15, 0.2) is 48.5 Å². The molecule has 1 amide bonds. The molecule has 1 aromatic heterocycles. The molecule has 0 spiro atoms. The Bertz CT molecular complexity index is 876. The van der Waals surface area contributed by atoms with E-state index in [0.29, 0.717) is 5.13 Å². The van der Waals surface area contributed by atoms with E-state index in [1.807, 2.05) is 48.5 Å². The molecule has 7 heteroatoms. The Morgan fingerprint density at radius 1 is 0.889 bits per heavy atom. The number of aromatic nitrogens is 2. The van der Waals surface area contributed by atoms with E-state index >= 15 is 0 Å². The molecule has 0 fully saturated rings. The molecule has 0 radical (unpaired) electrons. The van der Waals surface area contributed by atoms with Crippen molar-refractivity contribution in [1.82, 2.24) is 10.2 Å². The number of ether oxygens (including phenoxy) is 2. The number of nitrogens with zero attached hydrogens (tertiary/aromatic N) is 2. The molecular formula is C20H21N3O3S. The molecule has 0 aliphatic carbocycles. The highest BCUT2D eigenvalue weighted by Gasteiger charge is 2.09. The van der Waals surface area contributed by atoms with Crippen molar-refractivity contribution in [1.29, 1.82) is 0 Å². The van der Waals surface area contributed by atoms with Crippen molar-refractivity contribution < 1.29 is 14.3 Å². The highest BCUT2D eigenvalue weighted by atomic mass is 32.1. The Labute approximate surface area is 162 Å². The summed E-state index contributed by atoms with van der Waals surface area (Å²) in [4.78, 5) is 12.2. The molecule has 2 aromatic carbocycles. The average Bonchev–Trinajstić information content (AvgIpc) is 3.14. The van der Waals surface area contributed by atoms with Gasteiger partial charge in [-0.2, -0.15) is 0 Å². The van der Waals surface area contributed by atoms with Crippen LogP contribution in [-0.2, 0) is 24.1 Å². The van der Waals surface area contributed by atoms with Crippen LogP contribution in [0, 0.1) is 0 Å². The van der Waals surface area contributed by atoms with Crippen LogP contribution in [0.2, 0.25) is 0 Å². The monoisotopic (exact) mass is 383 g/mol. The lowest BCUT2D eigenvalue weighted by molar-refractivity contribution is -0.115. The van der Waals surface area contributed by atoms with Gasteiger partial charge in [-0.25, -0.2) is 0 Å². The molecule has 0 aliphatic heterocycles. The number of carbonyl (C=O) groups is 1. The van der Waals surface area contributed by atoms with Gasteiger partial charge in [-0.3, -0.25) is 4.79 Å². The first-order valence-corrected chi connectivity index (χ1v) is 9.36. The van der Waals surface area contributed by atoms with Gasteiger partial charge in [0, 0.05) is 6.42 Å². The molecule has 0 aliphatic rings. The first kappa shape index (κ1) is 18.8. The van der Waals surface area contributed by atoms with Crippen LogP contribution >= 0.6 is 11.3 Å². The molecule has 1 N–H and O–H groups in total. The van der Waals surface area contributed by atoms with Gasteiger partial charge in [-0.15, -0.1) is 10.2 Å². The summed E-state index contributed by atoms with van der Waals surface area (Å²) in [6, 6.07) is 15.4. The number of amides is 1. The predicted octanol–water partition coefficient (Wildman–Crippen LogP) is 3.52. The van der Waals surface area contributed by atoms with Crippen LogP contribution in [0.3, 0.4) is 0 Å². The molecular weight excluding hydrogens is 362 g/mol. The van der Waals surface area contributed by atoms with Crippen molar-refractivity contribution in [3.8, 4) is 11.5 Å². The zero-order chi connectivity index (χ0) is 19.1. The van der Waals surface area contributed by atoms with E-state index in [0.717, 1.165) is 34.9 Å². The largest absolute Gasteiger partial charge is 0.497 e. The smallest absolute Gasteiger partial charge is 0.230 e. The lowest BCUT2D eigenvalue weighted by Crippen LogP contribution is -2.14. The van der Waals surface area contributed by atoms with Gasteiger partial charge in [-0.05, 0) is 41.8 Å².